The normalized spacial score (nSPS) is 15.5. The molecule has 0 radical (unpaired) electrons. The molecular weight excluding hydrogens is 386 g/mol. The highest BCUT2D eigenvalue weighted by Gasteiger charge is 2.29. The number of para-hydroxylation sites is 1. The number of halogens is 1. The van der Waals surface area contributed by atoms with Crippen molar-refractivity contribution in [2.75, 3.05) is 11.9 Å². The molecule has 2 heterocycles. The lowest BCUT2D eigenvalue weighted by molar-refractivity contribution is 0.0929. The molecular formula is C23H22ClN3O2. The van der Waals surface area contributed by atoms with Crippen LogP contribution < -0.4 is 10.3 Å². The van der Waals surface area contributed by atoms with Crippen molar-refractivity contribution in [2.45, 2.75) is 26.3 Å². The number of carbonyl (C=O) groups is 1. The average molecular weight is 408 g/mol. The summed E-state index contributed by atoms with van der Waals surface area (Å²) in [5.74, 6) is -0.202. The van der Waals surface area contributed by atoms with Crippen molar-refractivity contribution in [1.82, 2.24) is 5.43 Å². The van der Waals surface area contributed by atoms with Gasteiger partial charge in [0.15, 0.2) is 5.76 Å². The summed E-state index contributed by atoms with van der Waals surface area (Å²) in [5, 5.41) is 5.51. The van der Waals surface area contributed by atoms with Crippen LogP contribution in [0.4, 0.5) is 5.69 Å². The summed E-state index contributed by atoms with van der Waals surface area (Å²) < 4.78 is 5.55. The fraction of sp³-hybridized carbons (Fsp3) is 0.217. The van der Waals surface area contributed by atoms with Crippen LogP contribution in [0, 0.1) is 0 Å². The molecule has 1 N–H and O–H groups in total. The smallest absolute Gasteiger partial charge is 0.307 e. The van der Waals surface area contributed by atoms with E-state index in [-0.39, 0.29) is 11.3 Å². The number of hydrogen-bond acceptors (Lipinski definition) is 4. The third-order valence-electron chi connectivity index (χ3n) is 5.35. The van der Waals surface area contributed by atoms with E-state index in [0.717, 1.165) is 22.2 Å². The molecule has 148 valence electrons. The van der Waals surface area contributed by atoms with Gasteiger partial charge in [0.05, 0.1) is 16.8 Å². The number of hydrazone groups is 1. The Morgan fingerprint density at radius 3 is 2.76 bits per heavy atom. The first-order valence-corrected chi connectivity index (χ1v) is 9.73. The number of anilines is 1. The number of furan rings is 1. The fourth-order valence-corrected chi connectivity index (χ4v) is 3.80. The molecule has 0 fully saturated rings. The van der Waals surface area contributed by atoms with Gasteiger partial charge in [0.2, 0.25) is 0 Å². The van der Waals surface area contributed by atoms with E-state index < -0.39 is 5.91 Å². The van der Waals surface area contributed by atoms with Gasteiger partial charge in [0, 0.05) is 29.2 Å². The lowest BCUT2D eigenvalue weighted by Crippen LogP contribution is -2.42. The van der Waals surface area contributed by atoms with Gasteiger partial charge in [-0.05, 0) is 50.6 Å². The van der Waals surface area contributed by atoms with Crippen molar-refractivity contribution in [3.8, 4) is 0 Å². The molecule has 0 saturated heterocycles. The standard InChI is InChI=1S/C23H22ClN3O2/c1-14-12-23(2,3)27(4)19-11-18(24)16(9-17(14)19)13-25-26-22(28)21-10-15-7-5-6-8-20(15)29-21/h5-13H,1-4H3,(H,26,28)/b25-13-. The van der Waals surface area contributed by atoms with Crippen molar-refractivity contribution < 1.29 is 9.21 Å². The molecule has 0 bridgehead atoms. The van der Waals surface area contributed by atoms with Gasteiger partial charge in [-0.1, -0.05) is 35.9 Å². The van der Waals surface area contributed by atoms with E-state index in [2.05, 4.69) is 49.3 Å². The zero-order valence-electron chi connectivity index (χ0n) is 16.8. The zero-order chi connectivity index (χ0) is 20.8. The largest absolute Gasteiger partial charge is 0.451 e. The Hall–Kier alpha value is -3.05. The van der Waals surface area contributed by atoms with E-state index in [1.54, 1.807) is 12.3 Å². The maximum Gasteiger partial charge on any atom is 0.307 e. The third-order valence-corrected chi connectivity index (χ3v) is 5.68. The number of hydrogen-bond donors (Lipinski definition) is 1. The van der Waals surface area contributed by atoms with Gasteiger partial charge >= 0.3 is 5.91 Å². The molecule has 5 nitrogen and oxygen atoms in total. The van der Waals surface area contributed by atoms with E-state index in [9.17, 15) is 4.79 Å². The molecule has 1 aromatic heterocycles. The number of benzene rings is 2. The summed E-state index contributed by atoms with van der Waals surface area (Å²) in [6.45, 7) is 6.42. The van der Waals surface area contributed by atoms with Crippen molar-refractivity contribution in [3.63, 3.8) is 0 Å². The Bertz CT molecular complexity index is 1140. The molecule has 0 aliphatic carbocycles. The minimum atomic E-state index is -0.413. The van der Waals surface area contributed by atoms with Crippen LogP contribution in [-0.2, 0) is 0 Å². The number of fused-ring (bicyclic) bond motifs is 2. The minimum absolute atomic E-state index is 0.0867. The second-order valence-electron chi connectivity index (χ2n) is 7.78. The van der Waals surface area contributed by atoms with E-state index in [4.69, 9.17) is 16.0 Å². The number of allylic oxidation sites excluding steroid dienone is 1. The Morgan fingerprint density at radius 2 is 2.00 bits per heavy atom. The second-order valence-corrected chi connectivity index (χ2v) is 8.19. The maximum atomic E-state index is 12.3. The first-order chi connectivity index (χ1) is 13.8. The first-order valence-electron chi connectivity index (χ1n) is 9.35. The van der Waals surface area contributed by atoms with E-state index in [0.29, 0.717) is 10.6 Å². The highest BCUT2D eigenvalue weighted by Crippen LogP contribution is 2.40. The van der Waals surface area contributed by atoms with Gasteiger partial charge in [0.25, 0.3) is 0 Å². The third kappa shape index (κ3) is 3.54. The van der Waals surface area contributed by atoms with Gasteiger partial charge < -0.3 is 9.32 Å². The molecule has 0 saturated carbocycles. The lowest BCUT2D eigenvalue weighted by Gasteiger charge is -2.40. The molecule has 0 spiro atoms. The maximum absolute atomic E-state index is 12.3. The van der Waals surface area contributed by atoms with Crippen molar-refractivity contribution in [3.05, 3.63) is 70.5 Å². The summed E-state index contributed by atoms with van der Waals surface area (Å²) in [6, 6.07) is 13.1. The molecule has 4 rings (SSSR count). The van der Waals surface area contributed by atoms with E-state index in [1.807, 2.05) is 36.4 Å². The molecule has 1 aliphatic rings. The van der Waals surface area contributed by atoms with Crippen molar-refractivity contribution in [1.29, 1.82) is 0 Å². The number of rotatable bonds is 3. The predicted molar refractivity (Wildman–Crippen MR) is 119 cm³/mol. The predicted octanol–water partition coefficient (Wildman–Crippen LogP) is 5.48. The number of nitrogens with zero attached hydrogens (tertiary/aromatic N) is 2. The summed E-state index contributed by atoms with van der Waals surface area (Å²) in [6.07, 6.45) is 3.78. The van der Waals surface area contributed by atoms with Gasteiger partial charge in [-0.3, -0.25) is 4.79 Å². The van der Waals surface area contributed by atoms with Gasteiger partial charge in [-0.25, -0.2) is 5.43 Å². The molecule has 1 amide bonds. The Labute approximate surface area is 174 Å². The number of likely N-dealkylation sites (N-methyl/N-ethyl adjacent to an activating group) is 1. The van der Waals surface area contributed by atoms with E-state index >= 15 is 0 Å². The van der Waals surface area contributed by atoms with Crippen LogP contribution in [0.3, 0.4) is 0 Å². The van der Waals surface area contributed by atoms with Gasteiger partial charge in [0.1, 0.15) is 5.58 Å². The fourth-order valence-electron chi connectivity index (χ4n) is 3.60. The monoisotopic (exact) mass is 407 g/mol. The number of amides is 1. The van der Waals surface area contributed by atoms with Crippen LogP contribution in [-0.4, -0.2) is 24.7 Å². The molecule has 0 unspecified atom stereocenters. The van der Waals surface area contributed by atoms with Gasteiger partial charge in [-0.15, -0.1) is 0 Å². The molecule has 0 atom stereocenters. The summed E-state index contributed by atoms with van der Waals surface area (Å²) in [4.78, 5) is 14.5. The number of nitrogens with one attached hydrogen (secondary N) is 1. The zero-order valence-corrected chi connectivity index (χ0v) is 17.5. The molecule has 2 aromatic carbocycles. The lowest BCUT2D eigenvalue weighted by atomic mass is 9.88. The van der Waals surface area contributed by atoms with Crippen LogP contribution in [0.1, 0.15) is 42.5 Å². The topological polar surface area (TPSA) is 57.8 Å². The molecule has 6 heteroatoms. The number of carbonyl (C=O) groups excluding carboxylic acids is 1. The van der Waals surface area contributed by atoms with Crippen LogP contribution in [0.2, 0.25) is 5.02 Å². The summed E-state index contributed by atoms with van der Waals surface area (Å²) in [5.41, 5.74) is 7.16. The van der Waals surface area contributed by atoms with Crippen molar-refractivity contribution in [2.24, 2.45) is 5.10 Å². The highest BCUT2D eigenvalue weighted by atomic mass is 35.5. The second kappa shape index (κ2) is 7.08. The molecule has 29 heavy (non-hydrogen) atoms. The SMILES string of the molecule is CC1=CC(C)(C)N(C)c2cc(Cl)c(/C=N\NC(=O)c3cc4ccccc4o3)cc21. The average Bonchev–Trinajstić information content (AvgIpc) is 3.11. The summed E-state index contributed by atoms with van der Waals surface area (Å²) >= 11 is 6.48. The van der Waals surface area contributed by atoms with Crippen LogP contribution in [0.5, 0.6) is 0 Å². The Morgan fingerprint density at radius 1 is 1.24 bits per heavy atom. The first kappa shape index (κ1) is 19.3. The quantitative estimate of drug-likeness (QED) is 0.462. The Kier molecular flexibility index (Phi) is 4.71. The van der Waals surface area contributed by atoms with Crippen LogP contribution in [0.15, 0.2) is 58.1 Å². The molecule has 1 aliphatic heterocycles. The highest BCUT2D eigenvalue weighted by molar-refractivity contribution is 6.33. The Balaban J connectivity index is 1.56. The minimum Gasteiger partial charge on any atom is -0.451 e. The molecule has 3 aromatic rings. The van der Waals surface area contributed by atoms with Gasteiger partial charge in [-0.2, -0.15) is 5.10 Å². The summed E-state index contributed by atoms with van der Waals surface area (Å²) in [7, 11) is 2.05. The van der Waals surface area contributed by atoms with Crippen LogP contribution >= 0.6 is 11.6 Å². The van der Waals surface area contributed by atoms with Crippen LogP contribution in [0.25, 0.3) is 16.5 Å². The van der Waals surface area contributed by atoms with Crippen molar-refractivity contribution >= 4 is 46.0 Å². The van der Waals surface area contributed by atoms with E-state index in [1.165, 1.54) is 5.57 Å².